The molecule has 0 bridgehead atoms. The first kappa shape index (κ1) is 28.5. The Morgan fingerprint density at radius 1 is 0.914 bits per heavy atom. The van der Waals surface area contributed by atoms with Crippen molar-refractivity contribution in [2.75, 3.05) is 13.2 Å². The van der Waals surface area contributed by atoms with Crippen LogP contribution in [0.4, 0.5) is 0 Å². The monoisotopic (exact) mass is 502 g/mol. The van der Waals surface area contributed by atoms with Gasteiger partial charge in [-0.25, -0.2) is 0 Å². The molecule has 6 nitrogen and oxygen atoms in total. The standard InChI is InChI=1S/C28H39ClN2O4/c1-6-20(5)30-28(33)24(7-2)31(19-22-10-14-23(29)15-11-22)27(32)17-13-21-12-16-25(34-8-3)26(18-21)35-9-4/h10-12,14-16,18,20,24H,6-9,13,17,19H2,1-5H3,(H,30,33)/t20-,24+/m1/s1. The fourth-order valence-electron chi connectivity index (χ4n) is 3.79. The van der Waals surface area contributed by atoms with Crippen LogP contribution in [0.1, 0.15) is 65.0 Å². The summed E-state index contributed by atoms with van der Waals surface area (Å²) in [5.74, 6) is 1.18. The van der Waals surface area contributed by atoms with Crippen LogP contribution in [0.15, 0.2) is 42.5 Å². The summed E-state index contributed by atoms with van der Waals surface area (Å²) in [6.07, 6.45) is 2.17. The van der Waals surface area contributed by atoms with Gasteiger partial charge in [-0.05, 0) is 75.4 Å². The van der Waals surface area contributed by atoms with E-state index in [2.05, 4.69) is 5.32 Å². The molecule has 0 fully saturated rings. The number of hydrogen-bond donors (Lipinski definition) is 1. The van der Waals surface area contributed by atoms with E-state index in [0.717, 1.165) is 17.5 Å². The topological polar surface area (TPSA) is 67.9 Å². The van der Waals surface area contributed by atoms with E-state index < -0.39 is 6.04 Å². The normalized spacial score (nSPS) is 12.5. The largest absolute Gasteiger partial charge is 0.490 e. The zero-order chi connectivity index (χ0) is 25.8. The van der Waals surface area contributed by atoms with Gasteiger partial charge in [-0.15, -0.1) is 0 Å². The number of benzene rings is 2. The molecule has 2 atom stereocenters. The summed E-state index contributed by atoms with van der Waals surface area (Å²) in [6, 6.07) is 12.6. The zero-order valence-corrected chi connectivity index (χ0v) is 22.4. The van der Waals surface area contributed by atoms with Crippen LogP contribution in [0, 0.1) is 0 Å². The van der Waals surface area contributed by atoms with Crippen LogP contribution < -0.4 is 14.8 Å². The molecule has 0 saturated heterocycles. The molecule has 0 heterocycles. The smallest absolute Gasteiger partial charge is 0.243 e. The number of halogens is 1. The first-order chi connectivity index (χ1) is 16.8. The van der Waals surface area contributed by atoms with Gasteiger partial charge in [0.15, 0.2) is 11.5 Å². The molecular formula is C28H39ClN2O4. The number of nitrogens with one attached hydrogen (secondary N) is 1. The molecule has 2 aromatic rings. The molecule has 1 N–H and O–H groups in total. The van der Waals surface area contributed by atoms with E-state index in [9.17, 15) is 9.59 Å². The lowest BCUT2D eigenvalue weighted by Crippen LogP contribution is -2.50. The average Bonchev–Trinajstić information content (AvgIpc) is 2.85. The third kappa shape index (κ3) is 8.77. The highest BCUT2D eigenvalue weighted by atomic mass is 35.5. The maximum atomic E-state index is 13.5. The molecular weight excluding hydrogens is 464 g/mol. The van der Waals surface area contributed by atoms with E-state index >= 15 is 0 Å². The average molecular weight is 503 g/mol. The number of rotatable bonds is 14. The van der Waals surface area contributed by atoms with Gasteiger partial charge in [0, 0.05) is 24.0 Å². The van der Waals surface area contributed by atoms with Gasteiger partial charge in [-0.1, -0.05) is 43.6 Å². The molecule has 192 valence electrons. The number of carbonyl (C=O) groups excluding carboxylic acids is 2. The number of aryl methyl sites for hydroxylation is 1. The van der Waals surface area contributed by atoms with Crippen molar-refractivity contribution in [1.29, 1.82) is 0 Å². The van der Waals surface area contributed by atoms with Crippen molar-refractivity contribution >= 4 is 23.4 Å². The van der Waals surface area contributed by atoms with Crippen LogP contribution in [0.2, 0.25) is 5.02 Å². The molecule has 0 saturated carbocycles. The Kier molecular flexibility index (Phi) is 11.9. The van der Waals surface area contributed by atoms with Gasteiger partial charge in [-0.3, -0.25) is 9.59 Å². The fourth-order valence-corrected chi connectivity index (χ4v) is 3.92. The van der Waals surface area contributed by atoms with E-state index in [1.54, 1.807) is 17.0 Å². The first-order valence-corrected chi connectivity index (χ1v) is 12.9. The molecule has 7 heteroatoms. The number of amides is 2. The third-order valence-corrected chi connectivity index (χ3v) is 6.14. The minimum atomic E-state index is -0.550. The molecule has 0 aromatic heterocycles. The lowest BCUT2D eigenvalue weighted by molar-refractivity contribution is -0.141. The van der Waals surface area contributed by atoms with E-state index in [1.165, 1.54) is 0 Å². The summed E-state index contributed by atoms with van der Waals surface area (Å²) >= 11 is 6.04. The van der Waals surface area contributed by atoms with Crippen molar-refractivity contribution in [3.8, 4) is 11.5 Å². The SMILES string of the molecule is CCOc1ccc(CCC(=O)N(Cc2ccc(Cl)cc2)[C@@H](CC)C(=O)N[C@H](C)CC)cc1OCC. The third-order valence-electron chi connectivity index (χ3n) is 5.89. The van der Waals surface area contributed by atoms with Gasteiger partial charge < -0.3 is 19.7 Å². The van der Waals surface area contributed by atoms with Gasteiger partial charge in [0.2, 0.25) is 11.8 Å². The van der Waals surface area contributed by atoms with E-state index in [1.807, 2.05) is 65.0 Å². The molecule has 0 aliphatic rings. The minimum absolute atomic E-state index is 0.0462. The number of nitrogens with zero attached hydrogens (tertiary/aromatic N) is 1. The van der Waals surface area contributed by atoms with Gasteiger partial charge in [0.25, 0.3) is 0 Å². The summed E-state index contributed by atoms with van der Waals surface area (Å²) in [5.41, 5.74) is 1.91. The van der Waals surface area contributed by atoms with E-state index in [-0.39, 0.29) is 24.3 Å². The highest BCUT2D eigenvalue weighted by molar-refractivity contribution is 6.30. The maximum absolute atomic E-state index is 13.5. The summed E-state index contributed by atoms with van der Waals surface area (Å²) in [4.78, 5) is 28.3. The second kappa shape index (κ2) is 14.6. The second-order valence-electron chi connectivity index (χ2n) is 8.54. The maximum Gasteiger partial charge on any atom is 0.243 e. The summed E-state index contributed by atoms with van der Waals surface area (Å²) in [5, 5.41) is 3.67. The van der Waals surface area contributed by atoms with Gasteiger partial charge in [0.1, 0.15) is 6.04 Å². The molecule has 35 heavy (non-hydrogen) atoms. The van der Waals surface area contributed by atoms with Crippen LogP contribution in [0.3, 0.4) is 0 Å². The number of ether oxygens (including phenoxy) is 2. The summed E-state index contributed by atoms with van der Waals surface area (Å²) < 4.78 is 11.4. The van der Waals surface area contributed by atoms with Crippen molar-refractivity contribution in [2.45, 2.75) is 78.9 Å². The molecule has 0 aliphatic carbocycles. The second-order valence-corrected chi connectivity index (χ2v) is 8.97. The Hall–Kier alpha value is -2.73. The lowest BCUT2D eigenvalue weighted by atomic mass is 10.1. The van der Waals surface area contributed by atoms with Crippen molar-refractivity contribution < 1.29 is 19.1 Å². The Morgan fingerprint density at radius 2 is 1.54 bits per heavy atom. The predicted octanol–water partition coefficient (Wildman–Crippen LogP) is 5.79. The molecule has 2 amide bonds. The summed E-state index contributed by atoms with van der Waals surface area (Å²) in [7, 11) is 0. The van der Waals surface area contributed by atoms with Crippen LogP contribution in [-0.2, 0) is 22.6 Å². The van der Waals surface area contributed by atoms with Crippen LogP contribution in [0.5, 0.6) is 11.5 Å². The molecule has 2 aromatic carbocycles. The highest BCUT2D eigenvalue weighted by Crippen LogP contribution is 2.29. The zero-order valence-electron chi connectivity index (χ0n) is 21.6. The summed E-state index contributed by atoms with van der Waals surface area (Å²) in [6.45, 7) is 11.2. The van der Waals surface area contributed by atoms with Crippen LogP contribution in [0.25, 0.3) is 0 Å². The quantitative estimate of drug-likeness (QED) is 0.355. The number of hydrogen-bond acceptors (Lipinski definition) is 4. The fraction of sp³-hybridized carbons (Fsp3) is 0.500. The Morgan fingerprint density at radius 3 is 2.14 bits per heavy atom. The lowest BCUT2D eigenvalue weighted by Gasteiger charge is -2.31. The van der Waals surface area contributed by atoms with E-state index in [4.69, 9.17) is 21.1 Å². The Balaban J connectivity index is 2.23. The Bertz CT molecular complexity index is 948. The minimum Gasteiger partial charge on any atom is -0.490 e. The van der Waals surface area contributed by atoms with Crippen molar-refractivity contribution in [2.24, 2.45) is 0 Å². The molecule has 0 aliphatic heterocycles. The Labute approximate surface area is 214 Å². The van der Waals surface area contributed by atoms with E-state index in [0.29, 0.717) is 49.1 Å². The van der Waals surface area contributed by atoms with Crippen LogP contribution >= 0.6 is 11.6 Å². The van der Waals surface area contributed by atoms with Gasteiger partial charge >= 0.3 is 0 Å². The van der Waals surface area contributed by atoms with Crippen molar-refractivity contribution in [1.82, 2.24) is 10.2 Å². The van der Waals surface area contributed by atoms with Gasteiger partial charge in [-0.2, -0.15) is 0 Å². The van der Waals surface area contributed by atoms with Crippen molar-refractivity contribution in [3.63, 3.8) is 0 Å². The molecule has 0 radical (unpaired) electrons. The first-order valence-electron chi connectivity index (χ1n) is 12.6. The molecule has 0 spiro atoms. The van der Waals surface area contributed by atoms with Crippen molar-refractivity contribution in [3.05, 3.63) is 58.6 Å². The molecule has 0 unspecified atom stereocenters. The van der Waals surface area contributed by atoms with Crippen LogP contribution in [-0.4, -0.2) is 42.0 Å². The molecule has 2 rings (SSSR count). The van der Waals surface area contributed by atoms with Gasteiger partial charge in [0.05, 0.1) is 13.2 Å². The highest BCUT2D eigenvalue weighted by Gasteiger charge is 2.29. The predicted molar refractivity (Wildman–Crippen MR) is 141 cm³/mol. The number of carbonyl (C=O) groups is 2.